The number of benzene rings is 2. The fourth-order valence-electron chi connectivity index (χ4n) is 1.99. The molecule has 2 aromatic carbocycles. The Balaban J connectivity index is 2.00. The lowest BCUT2D eigenvalue weighted by atomic mass is 10.1. The number of carbonyl (C=O) groups excluding carboxylic acids is 2. The minimum atomic E-state index is -0.312. The molecule has 0 saturated carbocycles. The van der Waals surface area contributed by atoms with E-state index in [-0.39, 0.29) is 18.4 Å². The quantitative estimate of drug-likeness (QED) is 0.878. The lowest BCUT2D eigenvalue weighted by molar-refractivity contribution is -0.118. The van der Waals surface area contributed by atoms with Gasteiger partial charge in [0.1, 0.15) is 5.75 Å². The van der Waals surface area contributed by atoms with Crippen LogP contribution in [0.2, 0.25) is 5.02 Å². The van der Waals surface area contributed by atoms with Crippen LogP contribution in [0.15, 0.2) is 42.5 Å². The molecule has 120 valence electrons. The largest absolute Gasteiger partial charge is 0.482 e. The van der Waals surface area contributed by atoms with E-state index in [0.717, 1.165) is 5.56 Å². The minimum absolute atomic E-state index is 0.159. The van der Waals surface area contributed by atoms with E-state index < -0.39 is 0 Å². The van der Waals surface area contributed by atoms with Crippen molar-refractivity contribution in [3.05, 3.63) is 53.1 Å². The molecular formula is C17H17ClN2O3. The van der Waals surface area contributed by atoms with Crippen molar-refractivity contribution in [2.24, 2.45) is 0 Å². The first kappa shape index (κ1) is 16.8. The van der Waals surface area contributed by atoms with Crippen molar-refractivity contribution in [3.8, 4) is 5.75 Å². The van der Waals surface area contributed by atoms with Crippen LogP contribution in [0.4, 0.5) is 11.4 Å². The maximum absolute atomic E-state index is 12.0. The van der Waals surface area contributed by atoms with Crippen molar-refractivity contribution < 1.29 is 14.3 Å². The van der Waals surface area contributed by atoms with Gasteiger partial charge in [0.05, 0.1) is 5.02 Å². The standard InChI is InChI=1S/C17H17ClN2O3/c1-11-14(19-12(2)21)7-5-8-15(11)20-17(22)10-23-16-9-4-3-6-13(16)18/h3-9H,10H2,1-2H3,(H,19,21)(H,20,22). The van der Waals surface area contributed by atoms with Crippen LogP contribution in [0.5, 0.6) is 5.75 Å². The molecule has 0 radical (unpaired) electrons. The highest BCUT2D eigenvalue weighted by Crippen LogP contribution is 2.24. The topological polar surface area (TPSA) is 67.4 Å². The van der Waals surface area contributed by atoms with Gasteiger partial charge in [-0.2, -0.15) is 0 Å². The number of nitrogens with one attached hydrogen (secondary N) is 2. The summed E-state index contributed by atoms with van der Waals surface area (Å²) in [5.74, 6) is -0.0281. The predicted molar refractivity (Wildman–Crippen MR) is 91.1 cm³/mol. The van der Waals surface area contributed by atoms with Crippen molar-refractivity contribution in [2.45, 2.75) is 13.8 Å². The van der Waals surface area contributed by atoms with Crippen LogP contribution < -0.4 is 15.4 Å². The van der Waals surface area contributed by atoms with Gasteiger partial charge >= 0.3 is 0 Å². The van der Waals surface area contributed by atoms with Gasteiger partial charge in [-0.15, -0.1) is 0 Å². The van der Waals surface area contributed by atoms with Crippen LogP contribution in [-0.4, -0.2) is 18.4 Å². The zero-order valence-corrected chi connectivity index (χ0v) is 13.6. The maximum Gasteiger partial charge on any atom is 0.262 e. The summed E-state index contributed by atoms with van der Waals surface area (Å²) in [7, 11) is 0. The Kier molecular flexibility index (Phi) is 5.60. The number of amides is 2. The first-order chi connectivity index (χ1) is 11.0. The van der Waals surface area contributed by atoms with Crippen molar-refractivity contribution in [2.75, 3.05) is 17.2 Å². The van der Waals surface area contributed by atoms with Gasteiger partial charge in [0.15, 0.2) is 6.61 Å². The second kappa shape index (κ2) is 7.65. The zero-order chi connectivity index (χ0) is 16.8. The molecule has 0 unspecified atom stereocenters. The third kappa shape index (κ3) is 4.72. The molecule has 0 aliphatic carbocycles. The number of hydrogen-bond acceptors (Lipinski definition) is 3. The Morgan fingerprint density at radius 3 is 2.35 bits per heavy atom. The molecule has 0 spiro atoms. The lowest BCUT2D eigenvalue weighted by Crippen LogP contribution is -2.21. The third-order valence-corrected chi connectivity index (χ3v) is 3.43. The molecule has 2 N–H and O–H groups in total. The number of ether oxygens (including phenoxy) is 1. The smallest absolute Gasteiger partial charge is 0.262 e. The average molecular weight is 333 g/mol. The SMILES string of the molecule is CC(=O)Nc1cccc(NC(=O)COc2ccccc2Cl)c1C. The van der Waals surface area contributed by atoms with E-state index in [0.29, 0.717) is 22.1 Å². The molecule has 0 atom stereocenters. The van der Waals surface area contributed by atoms with E-state index in [2.05, 4.69) is 10.6 Å². The van der Waals surface area contributed by atoms with Crippen molar-refractivity contribution in [3.63, 3.8) is 0 Å². The van der Waals surface area contributed by atoms with Crippen molar-refractivity contribution in [1.82, 2.24) is 0 Å². The first-order valence-electron chi connectivity index (χ1n) is 7.01. The Hall–Kier alpha value is -2.53. The number of carbonyl (C=O) groups is 2. The number of rotatable bonds is 5. The van der Waals surface area contributed by atoms with E-state index in [1.807, 2.05) is 6.92 Å². The number of hydrogen-bond donors (Lipinski definition) is 2. The highest BCUT2D eigenvalue weighted by atomic mass is 35.5. The van der Waals surface area contributed by atoms with E-state index in [9.17, 15) is 9.59 Å². The van der Waals surface area contributed by atoms with E-state index >= 15 is 0 Å². The molecule has 5 nitrogen and oxygen atoms in total. The highest BCUT2D eigenvalue weighted by Gasteiger charge is 2.10. The molecule has 6 heteroatoms. The Morgan fingerprint density at radius 1 is 1.04 bits per heavy atom. The maximum atomic E-state index is 12.0. The average Bonchev–Trinajstić information content (AvgIpc) is 2.50. The second-order valence-corrected chi connectivity index (χ2v) is 5.33. The predicted octanol–water partition coefficient (Wildman–Crippen LogP) is 3.62. The Bertz CT molecular complexity index is 732. The number of halogens is 1. The van der Waals surface area contributed by atoms with Crippen LogP contribution in [0.25, 0.3) is 0 Å². The van der Waals surface area contributed by atoms with Gasteiger partial charge in [-0.25, -0.2) is 0 Å². The first-order valence-corrected chi connectivity index (χ1v) is 7.39. The molecule has 0 aliphatic heterocycles. The molecule has 23 heavy (non-hydrogen) atoms. The molecule has 0 heterocycles. The van der Waals surface area contributed by atoms with Crippen molar-refractivity contribution in [1.29, 1.82) is 0 Å². The van der Waals surface area contributed by atoms with Crippen LogP contribution in [0.3, 0.4) is 0 Å². The Labute approximate surface area is 139 Å². The van der Waals surface area contributed by atoms with E-state index in [1.165, 1.54) is 6.92 Å². The lowest BCUT2D eigenvalue weighted by Gasteiger charge is -2.13. The second-order valence-electron chi connectivity index (χ2n) is 4.93. The fourth-order valence-corrected chi connectivity index (χ4v) is 2.18. The molecule has 0 aliphatic rings. The zero-order valence-electron chi connectivity index (χ0n) is 12.9. The van der Waals surface area contributed by atoms with Gasteiger partial charge < -0.3 is 15.4 Å². The fraction of sp³-hybridized carbons (Fsp3) is 0.176. The van der Waals surface area contributed by atoms with Gasteiger partial charge in [-0.3, -0.25) is 9.59 Å². The van der Waals surface area contributed by atoms with Crippen LogP contribution in [0, 0.1) is 6.92 Å². The number of anilines is 2. The summed E-state index contributed by atoms with van der Waals surface area (Å²) in [5, 5.41) is 5.92. The van der Waals surface area contributed by atoms with Gasteiger partial charge in [-0.1, -0.05) is 29.8 Å². The molecule has 2 aromatic rings. The summed E-state index contributed by atoms with van der Waals surface area (Å²) in [4.78, 5) is 23.2. The van der Waals surface area contributed by atoms with Crippen LogP contribution in [0.1, 0.15) is 12.5 Å². The van der Waals surface area contributed by atoms with E-state index in [1.54, 1.807) is 42.5 Å². The van der Waals surface area contributed by atoms with Gasteiger partial charge in [0.25, 0.3) is 5.91 Å². The normalized spacial score (nSPS) is 10.0. The summed E-state index contributed by atoms with van der Waals surface area (Å²) >= 11 is 5.97. The van der Waals surface area contributed by atoms with Crippen molar-refractivity contribution >= 4 is 34.8 Å². The monoisotopic (exact) mass is 332 g/mol. The van der Waals surface area contributed by atoms with Gasteiger partial charge in [0, 0.05) is 18.3 Å². The van der Waals surface area contributed by atoms with Crippen LogP contribution in [-0.2, 0) is 9.59 Å². The molecule has 0 saturated heterocycles. The summed E-state index contributed by atoms with van der Waals surface area (Å²) in [6.45, 7) is 3.09. The molecule has 2 rings (SSSR count). The molecule has 2 amide bonds. The minimum Gasteiger partial charge on any atom is -0.482 e. The van der Waals surface area contributed by atoms with Gasteiger partial charge in [-0.05, 0) is 36.8 Å². The number of para-hydroxylation sites is 1. The molecule has 0 fully saturated rings. The summed E-state index contributed by atoms with van der Waals surface area (Å²) in [6, 6.07) is 12.2. The molecular weight excluding hydrogens is 316 g/mol. The van der Waals surface area contributed by atoms with E-state index in [4.69, 9.17) is 16.3 Å². The highest BCUT2D eigenvalue weighted by molar-refractivity contribution is 6.32. The molecule has 0 bridgehead atoms. The van der Waals surface area contributed by atoms with Gasteiger partial charge in [0.2, 0.25) is 5.91 Å². The summed E-state index contributed by atoms with van der Waals surface area (Å²) < 4.78 is 5.39. The Morgan fingerprint density at radius 2 is 1.70 bits per heavy atom. The molecule has 0 aromatic heterocycles. The summed E-state index contributed by atoms with van der Waals surface area (Å²) in [6.07, 6.45) is 0. The third-order valence-electron chi connectivity index (χ3n) is 3.11. The van der Waals surface area contributed by atoms with Crippen LogP contribution >= 0.6 is 11.6 Å². The summed E-state index contributed by atoms with van der Waals surface area (Å²) in [5.41, 5.74) is 2.04.